The molecule has 0 aliphatic heterocycles. The number of aryl methyl sites for hydroxylation is 1. The number of nitrogen functional groups attached to an aromatic ring is 1. The van der Waals surface area contributed by atoms with Gasteiger partial charge in [-0.2, -0.15) is 15.0 Å². The van der Waals surface area contributed by atoms with Crippen LogP contribution in [0.2, 0.25) is 0 Å². The number of rotatable bonds is 5. The Kier molecular flexibility index (Phi) is 5.20. The summed E-state index contributed by atoms with van der Waals surface area (Å²) < 4.78 is 31.4. The van der Waals surface area contributed by atoms with E-state index in [2.05, 4.69) is 20.3 Å². The maximum Gasteiger partial charge on any atom is 0.338 e. The molecular weight excluding hydrogens is 356 g/mol. The normalized spacial score (nSPS) is 10.5. The van der Waals surface area contributed by atoms with Crippen molar-refractivity contribution in [3.8, 4) is 0 Å². The molecule has 0 aliphatic carbocycles. The molecule has 0 unspecified atom stereocenters. The molecule has 1 aromatic heterocycles. The lowest BCUT2D eigenvalue weighted by molar-refractivity contribution is 0.0461. The molecule has 9 heteroatoms. The van der Waals surface area contributed by atoms with Crippen molar-refractivity contribution in [2.45, 2.75) is 13.5 Å². The van der Waals surface area contributed by atoms with Crippen LogP contribution in [0.25, 0.3) is 0 Å². The standard InChI is InChI=1S/C18H15F2N5O2/c1-10-2-4-14(5-3-10)22-18-24-15(23-17(21)25-18)9-27-16(26)11-6-12(19)8-13(20)7-11/h2-8H,9H2,1H3,(H3,21,22,23,24,25). The van der Waals surface area contributed by atoms with E-state index in [4.69, 9.17) is 10.5 Å². The smallest absolute Gasteiger partial charge is 0.338 e. The van der Waals surface area contributed by atoms with Gasteiger partial charge in [0, 0.05) is 11.8 Å². The van der Waals surface area contributed by atoms with Gasteiger partial charge in [0.1, 0.15) is 11.6 Å². The van der Waals surface area contributed by atoms with Gasteiger partial charge in [0.2, 0.25) is 11.9 Å². The number of halogens is 2. The van der Waals surface area contributed by atoms with E-state index >= 15 is 0 Å². The van der Waals surface area contributed by atoms with E-state index in [9.17, 15) is 13.6 Å². The third-order valence-electron chi connectivity index (χ3n) is 3.44. The van der Waals surface area contributed by atoms with Crippen LogP contribution >= 0.6 is 0 Å². The highest BCUT2D eigenvalue weighted by Crippen LogP contribution is 2.15. The average molecular weight is 371 g/mol. The number of nitrogens with zero attached hydrogens (tertiary/aromatic N) is 3. The Morgan fingerprint density at radius 1 is 1.07 bits per heavy atom. The second-order valence-corrected chi connectivity index (χ2v) is 5.66. The second-order valence-electron chi connectivity index (χ2n) is 5.66. The van der Waals surface area contributed by atoms with Gasteiger partial charge < -0.3 is 15.8 Å². The Morgan fingerprint density at radius 2 is 1.74 bits per heavy atom. The molecule has 2 aromatic carbocycles. The van der Waals surface area contributed by atoms with Crippen LogP contribution in [-0.4, -0.2) is 20.9 Å². The summed E-state index contributed by atoms with van der Waals surface area (Å²) in [6.45, 7) is 1.62. The number of ether oxygens (including phenoxy) is 1. The molecule has 0 spiro atoms. The zero-order valence-electron chi connectivity index (χ0n) is 14.2. The third-order valence-corrected chi connectivity index (χ3v) is 3.44. The van der Waals surface area contributed by atoms with Gasteiger partial charge in [-0.05, 0) is 31.2 Å². The van der Waals surface area contributed by atoms with Gasteiger partial charge in [0.15, 0.2) is 12.4 Å². The zero-order valence-corrected chi connectivity index (χ0v) is 14.2. The van der Waals surface area contributed by atoms with E-state index in [-0.39, 0.29) is 29.9 Å². The molecule has 3 aromatic rings. The molecule has 138 valence electrons. The Bertz CT molecular complexity index is 960. The van der Waals surface area contributed by atoms with Crippen molar-refractivity contribution in [2.24, 2.45) is 0 Å². The van der Waals surface area contributed by atoms with Crippen molar-refractivity contribution in [3.63, 3.8) is 0 Å². The molecule has 0 aliphatic rings. The lowest BCUT2D eigenvalue weighted by atomic mass is 10.2. The fourth-order valence-corrected chi connectivity index (χ4v) is 2.21. The van der Waals surface area contributed by atoms with E-state index < -0.39 is 17.6 Å². The van der Waals surface area contributed by atoms with Crippen LogP contribution in [0, 0.1) is 18.6 Å². The summed E-state index contributed by atoms with van der Waals surface area (Å²) in [6, 6.07) is 9.91. The van der Waals surface area contributed by atoms with E-state index in [1.807, 2.05) is 31.2 Å². The van der Waals surface area contributed by atoms with Crippen molar-refractivity contribution in [1.29, 1.82) is 0 Å². The maximum atomic E-state index is 13.2. The predicted molar refractivity (Wildman–Crippen MR) is 94.2 cm³/mol. The summed E-state index contributed by atoms with van der Waals surface area (Å²) in [5.74, 6) is -2.48. The Hall–Kier alpha value is -3.62. The molecule has 3 rings (SSSR count). The first kappa shape index (κ1) is 18.2. The van der Waals surface area contributed by atoms with E-state index in [1.54, 1.807) is 0 Å². The van der Waals surface area contributed by atoms with Gasteiger partial charge in [0.25, 0.3) is 0 Å². The summed E-state index contributed by atoms with van der Waals surface area (Å²) in [5.41, 5.74) is 7.23. The highest BCUT2D eigenvalue weighted by Gasteiger charge is 2.13. The molecule has 3 N–H and O–H groups in total. The maximum absolute atomic E-state index is 13.2. The molecule has 0 saturated heterocycles. The Labute approximate surface area is 153 Å². The number of nitrogens with one attached hydrogen (secondary N) is 1. The largest absolute Gasteiger partial charge is 0.454 e. The molecule has 7 nitrogen and oxygen atoms in total. The van der Waals surface area contributed by atoms with Gasteiger partial charge in [-0.15, -0.1) is 0 Å². The fraction of sp³-hybridized carbons (Fsp3) is 0.111. The highest BCUT2D eigenvalue weighted by atomic mass is 19.1. The van der Waals surface area contributed by atoms with Crippen molar-refractivity contribution in [2.75, 3.05) is 11.1 Å². The number of aromatic nitrogens is 3. The van der Waals surface area contributed by atoms with Crippen molar-refractivity contribution in [3.05, 3.63) is 71.1 Å². The lowest BCUT2D eigenvalue weighted by Gasteiger charge is -2.08. The first-order valence-corrected chi connectivity index (χ1v) is 7.86. The summed E-state index contributed by atoms with van der Waals surface area (Å²) in [6.07, 6.45) is 0. The highest BCUT2D eigenvalue weighted by molar-refractivity contribution is 5.89. The summed E-state index contributed by atoms with van der Waals surface area (Å²) in [5, 5.41) is 2.96. The number of benzene rings is 2. The molecule has 0 saturated carbocycles. The first-order chi connectivity index (χ1) is 12.9. The van der Waals surface area contributed by atoms with Crippen molar-refractivity contribution >= 4 is 23.6 Å². The first-order valence-electron chi connectivity index (χ1n) is 7.86. The number of esters is 1. The molecule has 1 heterocycles. The number of nitrogens with two attached hydrogens (primary N) is 1. The van der Waals surface area contributed by atoms with Crippen LogP contribution in [0.3, 0.4) is 0 Å². The van der Waals surface area contributed by atoms with Gasteiger partial charge in [0.05, 0.1) is 5.56 Å². The summed E-state index contributed by atoms with van der Waals surface area (Å²) in [7, 11) is 0. The minimum Gasteiger partial charge on any atom is -0.454 e. The van der Waals surface area contributed by atoms with Gasteiger partial charge in [-0.3, -0.25) is 0 Å². The van der Waals surface area contributed by atoms with E-state index in [1.165, 1.54) is 0 Å². The molecular formula is C18H15F2N5O2. The van der Waals surface area contributed by atoms with Crippen LogP contribution in [0.4, 0.5) is 26.4 Å². The molecule has 27 heavy (non-hydrogen) atoms. The van der Waals surface area contributed by atoms with Crippen LogP contribution in [0.5, 0.6) is 0 Å². The molecule has 0 amide bonds. The van der Waals surface area contributed by atoms with Crippen LogP contribution in [0.15, 0.2) is 42.5 Å². The van der Waals surface area contributed by atoms with Gasteiger partial charge >= 0.3 is 5.97 Å². The molecule has 0 radical (unpaired) electrons. The van der Waals surface area contributed by atoms with Crippen LogP contribution in [0.1, 0.15) is 21.7 Å². The number of hydrogen-bond acceptors (Lipinski definition) is 7. The topological polar surface area (TPSA) is 103 Å². The molecule has 0 atom stereocenters. The molecule has 0 fully saturated rings. The van der Waals surface area contributed by atoms with Crippen LogP contribution < -0.4 is 11.1 Å². The summed E-state index contributed by atoms with van der Waals surface area (Å²) in [4.78, 5) is 23.9. The monoisotopic (exact) mass is 371 g/mol. The minimum atomic E-state index is -0.916. The van der Waals surface area contributed by atoms with Crippen molar-refractivity contribution < 1.29 is 18.3 Å². The number of anilines is 3. The number of hydrogen-bond donors (Lipinski definition) is 2. The van der Waals surface area contributed by atoms with E-state index in [0.29, 0.717) is 6.07 Å². The van der Waals surface area contributed by atoms with Gasteiger partial charge in [-0.25, -0.2) is 13.6 Å². The second kappa shape index (κ2) is 7.73. The predicted octanol–water partition coefficient (Wildman–Crippen LogP) is 3.14. The fourth-order valence-electron chi connectivity index (χ4n) is 2.21. The number of carbonyl (C=O) groups excluding carboxylic acids is 1. The number of carbonyl (C=O) groups is 1. The van der Waals surface area contributed by atoms with Gasteiger partial charge in [-0.1, -0.05) is 17.7 Å². The summed E-state index contributed by atoms with van der Waals surface area (Å²) >= 11 is 0. The average Bonchev–Trinajstić information content (AvgIpc) is 2.60. The minimum absolute atomic E-state index is 0.0672. The zero-order chi connectivity index (χ0) is 19.4. The SMILES string of the molecule is Cc1ccc(Nc2nc(N)nc(COC(=O)c3cc(F)cc(F)c3)n2)cc1. The Morgan fingerprint density at radius 3 is 2.41 bits per heavy atom. The van der Waals surface area contributed by atoms with Crippen molar-refractivity contribution in [1.82, 2.24) is 15.0 Å². The lowest BCUT2D eigenvalue weighted by Crippen LogP contribution is -2.11. The van der Waals surface area contributed by atoms with Crippen LogP contribution in [-0.2, 0) is 11.3 Å². The quantitative estimate of drug-likeness (QED) is 0.664. The molecule has 0 bridgehead atoms. The Balaban J connectivity index is 1.70. The third kappa shape index (κ3) is 4.94. The van der Waals surface area contributed by atoms with E-state index in [0.717, 1.165) is 23.4 Å².